The van der Waals surface area contributed by atoms with Crippen LogP contribution in [0.4, 0.5) is 5.69 Å². The molecule has 0 unspecified atom stereocenters. The van der Waals surface area contributed by atoms with Gasteiger partial charge in [-0.25, -0.2) is 0 Å². The number of amides is 3. The zero-order chi connectivity index (χ0) is 16.7. The normalized spacial score (nSPS) is 11.3. The van der Waals surface area contributed by atoms with Gasteiger partial charge in [0, 0.05) is 24.6 Å². The quantitative estimate of drug-likeness (QED) is 0.565. The summed E-state index contributed by atoms with van der Waals surface area (Å²) < 4.78 is 0. The van der Waals surface area contributed by atoms with E-state index in [1.165, 1.54) is 31.2 Å². The van der Waals surface area contributed by atoms with Crippen LogP contribution in [0.2, 0.25) is 0 Å². The van der Waals surface area contributed by atoms with Crippen molar-refractivity contribution in [1.82, 2.24) is 5.32 Å². The maximum Gasteiger partial charge on any atom is 0.303 e. The van der Waals surface area contributed by atoms with E-state index in [2.05, 4.69) is 10.6 Å². The molecule has 3 amide bonds. The second-order valence-electron chi connectivity index (χ2n) is 4.62. The first-order valence-electron chi connectivity index (χ1n) is 6.49. The summed E-state index contributed by atoms with van der Waals surface area (Å²) in [6.07, 6.45) is -0.365. The molecule has 5 N–H and O–H groups in total. The number of rotatable bonds is 7. The molecule has 8 heteroatoms. The van der Waals surface area contributed by atoms with E-state index in [9.17, 15) is 19.2 Å². The summed E-state index contributed by atoms with van der Waals surface area (Å²) in [5, 5.41) is 13.5. The van der Waals surface area contributed by atoms with Gasteiger partial charge in [-0.05, 0) is 30.7 Å². The minimum absolute atomic E-state index is 0.0830. The molecule has 0 fully saturated rings. The van der Waals surface area contributed by atoms with Crippen LogP contribution >= 0.6 is 0 Å². The van der Waals surface area contributed by atoms with Crippen molar-refractivity contribution in [3.8, 4) is 0 Å². The zero-order valence-electron chi connectivity index (χ0n) is 12.0. The molecule has 118 valence electrons. The highest BCUT2D eigenvalue weighted by Gasteiger charge is 2.19. The van der Waals surface area contributed by atoms with Gasteiger partial charge < -0.3 is 21.5 Å². The Morgan fingerprint density at radius 2 is 1.77 bits per heavy atom. The lowest BCUT2D eigenvalue weighted by Crippen LogP contribution is -2.44. The van der Waals surface area contributed by atoms with Gasteiger partial charge in [0.2, 0.25) is 11.8 Å². The number of primary amides is 1. The SMILES string of the molecule is CC(=O)Nc1ccc(C(=O)N[C@@H](CCC(=O)O)C(N)=O)cc1. The highest BCUT2D eigenvalue weighted by atomic mass is 16.4. The van der Waals surface area contributed by atoms with Gasteiger partial charge in [0.15, 0.2) is 0 Å². The van der Waals surface area contributed by atoms with Gasteiger partial charge in [-0.15, -0.1) is 0 Å². The Morgan fingerprint density at radius 1 is 1.18 bits per heavy atom. The van der Waals surface area contributed by atoms with E-state index in [0.717, 1.165) is 0 Å². The van der Waals surface area contributed by atoms with Gasteiger partial charge in [-0.3, -0.25) is 19.2 Å². The number of carboxylic acids is 1. The third kappa shape index (κ3) is 5.61. The van der Waals surface area contributed by atoms with Crippen molar-refractivity contribution in [2.45, 2.75) is 25.8 Å². The first-order chi connectivity index (χ1) is 10.3. The molecule has 1 rings (SSSR count). The van der Waals surface area contributed by atoms with Gasteiger partial charge in [-0.1, -0.05) is 0 Å². The second kappa shape index (κ2) is 7.77. The lowest BCUT2D eigenvalue weighted by molar-refractivity contribution is -0.137. The highest BCUT2D eigenvalue weighted by molar-refractivity contribution is 5.98. The predicted molar refractivity (Wildman–Crippen MR) is 78.1 cm³/mol. The number of nitrogens with two attached hydrogens (primary N) is 1. The van der Waals surface area contributed by atoms with Crippen molar-refractivity contribution < 1.29 is 24.3 Å². The Hall–Kier alpha value is -2.90. The fourth-order valence-electron chi connectivity index (χ4n) is 1.70. The van der Waals surface area contributed by atoms with Crippen LogP contribution in [0.15, 0.2) is 24.3 Å². The largest absolute Gasteiger partial charge is 0.481 e. The third-order valence-electron chi connectivity index (χ3n) is 2.76. The lowest BCUT2D eigenvalue weighted by atomic mass is 10.1. The van der Waals surface area contributed by atoms with Gasteiger partial charge in [0.25, 0.3) is 5.91 Å². The fourth-order valence-corrected chi connectivity index (χ4v) is 1.70. The molecule has 0 radical (unpaired) electrons. The first kappa shape index (κ1) is 17.2. The molecule has 8 nitrogen and oxygen atoms in total. The maximum absolute atomic E-state index is 12.0. The number of carbonyl (C=O) groups is 4. The number of aliphatic carboxylic acids is 1. The number of anilines is 1. The highest BCUT2D eigenvalue weighted by Crippen LogP contribution is 2.10. The van der Waals surface area contributed by atoms with Crippen LogP contribution in [0.1, 0.15) is 30.1 Å². The van der Waals surface area contributed by atoms with Crippen LogP contribution in [-0.2, 0) is 14.4 Å². The standard InChI is InChI=1S/C14H17N3O5/c1-8(18)16-10-4-2-9(3-5-10)14(22)17-11(13(15)21)6-7-12(19)20/h2-5,11H,6-7H2,1H3,(H2,15,21)(H,16,18)(H,17,22)(H,19,20)/t11-/m0/s1. The zero-order valence-corrected chi connectivity index (χ0v) is 12.0. The summed E-state index contributed by atoms with van der Waals surface area (Å²) in [7, 11) is 0. The molecule has 0 aliphatic carbocycles. The summed E-state index contributed by atoms with van der Waals surface area (Å²) in [6.45, 7) is 1.36. The van der Waals surface area contributed by atoms with Crippen LogP contribution in [-0.4, -0.2) is 34.8 Å². The van der Waals surface area contributed by atoms with Crippen molar-refractivity contribution in [1.29, 1.82) is 0 Å². The smallest absolute Gasteiger partial charge is 0.303 e. The average Bonchev–Trinajstić information content (AvgIpc) is 2.42. The Kier molecular flexibility index (Phi) is 6.06. The first-order valence-corrected chi connectivity index (χ1v) is 6.49. The minimum atomic E-state index is -1.08. The number of carboxylic acid groups (broad SMARTS) is 1. The summed E-state index contributed by atoms with van der Waals surface area (Å²) in [4.78, 5) is 44.6. The van der Waals surface area contributed by atoms with E-state index in [1.807, 2.05) is 0 Å². The Morgan fingerprint density at radius 3 is 2.23 bits per heavy atom. The van der Waals surface area contributed by atoms with Gasteiger partial charge in [0.1, 0.15) is 6.04 Å². The number of nitrogens with one attached hydrogen (secondary N) is 2. The van der Waals surface area contributed by atoms with Crippen LogP contribution in [0, 0.1) is 0 Å². The second-order valence-corrected chi connectivity index (χ2v) is 4.62. The van der Waals surface area contributed by atoms with Crippen molar-refractivity contribution in [3.05, 3.63) is 29.8 Å². The summed E-state index contributed by atoms with van der Waals surface area (Å²) in [5.74, 6) is -2.67. The molecule has 0 aliphatic rings. The molecule has 1 atom stereocenters. The van der Waals surface area contributed by atoms with Crippen LogP contribution in [0.3, 0.4) is 0 Å². The third-order valence-corrected chi connectivity index (χ3v) is 2.76. The van der Waals surface area contributed by atoms with Crippen LogP contribution in [0.5, 0.6) is 0 Å². The van der Waals surface area contributed by atoms with E-state index in [-0.39, 0.29) is 24.3 Å². The maximum atomic E-state index is 12.0. The molecule has 0 saturated carbocycles. The predicted octanol–water partition coefficient (Wildman–Crippen LogP) is 0.0935. The van der Waals surface area contributed by atoms with Crippen LogP contribution in [0.25, 0.3) is 0 Å². The summed E-state index contributed by atoms with van der Waals surface area (Å²) >= 11 is 0. The van der Waals surface area contributed by atoms with E-state index >= 15 is 0 Å². The van der Waals surface area contributed by atoms with E-state index in [4.69, 9.17) is 10.8 Å². The molecule has 22 heavy (non-hydrogen) atoms. The number of benzene rings is 1. The van der Waals surface area contributed by atoms with Gasteiger partial charge in [-0.2, -0.15) is 0 Å². The molecular weight excluding hydrogens is 290 g/mol. The topological polar surface area (TPSA) is 139 Å². The van der Waals surface area contributed by atoms with E-state index < -0.39 is 23.8 Å². The molecule has 0 heterocycles. The molecule has 0 bridgehead atoms. The summed E-state index contributed by atoms with van der Waals surface area (Å²) in [5.41, 5.74) is 5.92. The summed E-state index contributed by atoms with van der Waals surface area (Å²) in [6, 6.07) is 4.95. The average molecular weight is 307 g/mol. The fraction of sp³-hybridized carbons (Fsp3) is 0.286. The van der Waals surface area contributed by atoms with Crippen molar-refractivity contribution in [2.75, 3.05) is 5.32 Å². The Labute approximate surface area is 126 Å². The lowest BCUT2D eigenvalue weighted by Gasteiger charge is -2.14. The van der Waals surface area contributed by atoms with Crippen molar-refractivity contribution in [3.63, 3.8) is 0 Å². The van der Waals surface area contributed by atoms with Crippen molar-refractivity contribution in [2.24, 2.45) is 5.73 Å². The number of hydrogen-bond acceptors (Lipinski definition) is 4. The number of carbonyl (C=O) groups excluding carboxylic acids is 3. The van der Waals surface area contributed by atoms with E-state index in [1.54, 1.807) is 0 Å². The molecule has 0 spiro atoms. The minimum Gasteiger partial charge on any atom is -0.481 e. The van der Waals surface area contributed by atoms with Crippen molar-refractivity contribution >= 4 is 29.4 Å². The molecule has 1 aromatic rings. The molecule has 0 saturated heterocycles. The van der Waals surface area contributed by atoms with E-state index in [0.29, 0.717) is 5.69 Å². The number of hydrogen-bond donors (Lipinski definition) is 4. The molecular formula is C14H17N3O5. The van der Waals surface area contributed by atoms with Gasteiger partial charge in [0.05, 0.1) is 0 Å². The molecule has 1 aromatic carbocycles. The molecule has 0 aromatic heterocycles. The van der Waals surface area contributed by atoms with Crippen LogP contribution < -0.4 is 16.4 Å². The molecule has 0 aliphatic heterocycles. The monoisotopic (exact) mass is 307 g/mol. The Balaban J connectivity index is 2.71. The van der Waals surface area contributed by atoms with Gasteiger partial charge >= 0.3 is 5.97 Å². The Bertz CT molecular complexity index is 583.